The molecule has 10 aromatic rings. The number of aromatic nitrogens is 8. The predicted molar refractivity (Wildman–Crippen MR) is 305 cm³/mol. The van der Waals surface area contributed by atoms with E-state index in [1.807, 2.05) is 18.2 Å². The van der Waals surface area contributed by atoms with Crippen LogP contribution in [0.5, 0.6) is 0 Å². The van der Waals surface area contributed by atoms with Crippen LogP contribution in [0.15, 0.2) is 146 Å². The van der Waals surface area contributed by atoms with Gasteiger partial charge in [0.2, 0.25) is 0 Å². The number of fused-ring (bicyclic) bond motifs is 4. The van der Waals surface area contributed by atoms with Gasteiger partial charge in [-0.3, -0.25) is 24.8 Å². The Hall–Kier alpha value is -7.06. The summed E-state index contributed by atoms with van der Waals surface area (Å²) >= 11 is 3.40. The molecule has 2 fully saturated rings. The van der Waals surface area contributed by atoms with Crippen molar-refractivity contribution in [2.45, 2.75) is 64.2 Å². The summed E-state index contributed by atoms with van der Waals surface area (Å²) in [5, 5.41) is 4.27. The summed E-state index contributed by atoms with van der Waals surface area (Å²) in [4.78, 5) is 41.6. The fourth-order valence-electron chi connectivity index (χ4n) is 9.58. The molecule has 2 saturated heterocycles. The van der Waals surface area contributed by atoms with Gasteiger partial charge in [0.1, 0.15) is 22.7 Å². The first-order valence-electron chi connectivity index (χ1n) is 25.4. The quantitative estimate of drug-likeness (QED) is 0.133. The highest BCUT2D eigenvalue weighted by Gasteiger charge is 2.22. The smallest absolute Gasteiger partial charge is 0.138 e. The maximum atomic E-state index is 5.04. The van der Waals surface area contributed by atoms with Gasteiger partial charge in [0.05, 0.1) is 44.5 Å². The largest absolute Gasteiger partial charge is 0.367 e. The highest BCUT2D eigenvalue weighted by atomic mass is 79.9. The van der Waals surface area contributed by atoms with Crippen LogP contribution in [0.3, 0.4) is 0 Å². The highest BCUT2D eigenvalue weighted by Crippen LogP contribution is 2.33. The average molecular weight is 1030 g/mol. The zero-order valence-electron chi connectivity index (χ0n) is 42.8. The molecule has 0 radical (unpaired) electrons. The Kier molecular flexibility index (Phi) is 14.6. The minimum absolute atomic E-state index is 0.143. The van der Waals surface area contributed by atoms with Gasteiger partial charge in [-0.25, -0.2) is 9.97 Å². The lowest BCUT2D eigenvalue weighted by molar-refractivity contribution is 0.250. The van der Waals surface area contributed by atoms with Crippen LogP contribution in [0.4, 0.5) is 11.4 Å². The number of H-pyrrole nitrogens is 2. The van der Waals surface area contributed by atoms with Crippen molar-refractivity contribution in [1.82, 2.24) is 50.1 Å². The van der Waals surface area contributed by atoms with Crippen LogP contribution in [-0.4, -0.2) is 97.1 Å². The summed E-state index contributed by atoms with van der Waals surface area (Å²) in [5.41, 5.74) is 18.3. The molecule has 0 unspecified atom stereocenters. The Morgan fingerprint density at radius 2 is 0.918 bits per heavy atom. The molecule has 0 atom stereocenters. The SMILES string of the molecule is BrCc1ccc2nccnc2c1.CC(C)(C)c1ccc(-c2nc3c(N4CCN(Cc5ccc6nccnc6c5)CC4)cccc3[nH]2)cc1.CC(C)(C)c1ccc(-c2nc3c(N4CCNCC4)cccc3[nH]2)cc1. The van der Waals surface area contributed by atoms with Gasteiger partial charge < -0.3 is 25.1 Å². The second-order valence-corrected chi connectivity index (χ2v) is 21.6. The van der Waals surface area contributed by atoms with E-state index in [2.05, 4.69) is 211 Å². The number of piperazine rings is 2. The van der Waals surface area contributed by atoms with Crippen LogP contribution in [0.2, 0.25) is 0 Å². The summed E-state index contributed by atoms with van der Waals surface area (Å²) in [7, 11) is 0. The summed E-state index contributed by atoms with van der Waals surface area (Å²) in [6.45, 7) is 22.5. The van der Waals surface area contributed by atoms with Crippen LogP contribution in [0.25, 0.3) is 66.9 Å². The van der Waals surface area contributed by atoms with Gasteiger partial charge in [-0.1, -0.05) is 130 Å². The molecule has 13 heteroatoms. The highest BCUT2D eigenvalue weighted by molar-refractivity contribution is 9.08. The maximum Gasteiger partial charge on any atom is 0.138 e. The van der Waals surface area contributed by atoms with Gasteiger partial charge in [0.15, 0.2) is 0 Å². The molecule has 2 aliphatic rings. The second kappa shape index (κ2) is 21.6. The van der Waals surface area contributed by atoms with Crippen molar-refractivity contribution in [3.05, 3.63) is 168 Å². The van der Waals surface area contributed by atoms with Crippen LogP contribution in [0, 0.1) is 0 Å². The molecule has 12 nitrogen and oxygen atoms in total. The molecular weight excluding hydrogens is 969 g/mol. The number of benzene rings is 6. The van der Waals surface area contributed by atoms with Gasteiger partial charge >= 0.3 is 0 Å². The minimum atomic E-state index is 0.143. The lowest BCUT2D eigenvalue weighted by Gasteiger charge is -2.36. The first-order chi connectivity index (χ1) is 35.4. The molecule has 0 aliphatic carbocycles. The molecule has 2 aliphatic heterocycles. The molecule has 6 aromatic carbocycles. The molecular formula is C60H65BrN12. The van der Waals surface area contributed by atoms with Crippen molar-refractivity contribution in [3.8, 4) is 22.8 Å². The standard InChI is InChI=1S/C30H32N6.C21H26N4.C9H7BrN2/c1-30(2,3)23-10-8-22(9-11-23)29-33-25-5-4-6-27(28(25)34-29)36-17-15-35(16-18-36)20-21-7-12-24-26(19-21)32-14-13-31-24;1-21(2,3)16-9-7-15(8-10-16)20-23-17-5-4-6-18(19(17)24-20)25-13-11-22-12-14-25;10-6-7-1-2-8-9(5-7)12-4-3-11-8/h4-14,19H,15-18,20H2,1-3H3,(H,33,34);4-10,22H,11-14H2,1-3H3,(H,23,24);1-5H,6H2. The number of nitrogens with zero attached hydrogens (tertiary/aromatic N) is 9. The topological polar surface area (TPSA) is 131 Å². The van der Waals surface area contributed by atoms with E-state index in [-0.39, 0.29) is 10.8 Å². The predicted octanol–water partition coefficient (Wildman–Crippen LogP) is 12.3. The van der Waals surface area contributed by atoms with Gasteiger partial charge in [-0.15, -0.1) is 0 Å². The van der Waals surface area contributed by atoms with Gasteiger partial charge in [0, 0.05) is 100 Å². The molecule has 6 heterocycles. The van der Waals surface area contributed by atoms with E-state index in [9.17, 15) is 0 Å². The minimum Gasteiger partial charge on any atom is -0.367 e. The number of hydrogen-bond acceptors (Lipinski definition) is 10. The summed E-state index contributed by atoms with van der Waals surface area (Å²) in [6, 6.07) is 42.9. The first-order valence-corrected chi connectivity index (χ1v) is 26.6. The third kappa shape index (κ3) is 11.6. The Labute approximate surface area is 436 Å². The number of para-hydroxylation sites is 2. The van der Waals surface area contributed by atoms with E-state index in [0.29, 0.717) is 0 Å². The molecule has 0 saturated carbocycles. The number of alkyl halides is 1. The Bertz CT molecular complexity index is 3450. The molecule has 0 spiro atoms. The first kappa shape index (κ1) is 49.5. The molecule has 4 aromatic heterocycles. The number of rotatable bonds is 7. The molecule has 0 bridgehead atoms. The fourth-order valence-corrected chi connectivity index (χ4v) is 9.93. The van der Waals surface area contributed by atoms with Crippen molar-refractivity contribution in [2.75, 3.05) is 62.2 Å². The van der Waals surface area contributed by atoms with Crippen molar-refractivity contribution in [1.29, 1.82) is 0 Å². The monoisotopic (exact) mass is 1030 g/mol. The zero-order chi connectivity index (χ0) is 50.5. The number of hydrogen-bond donors (Lipinski definition) is 3. The van der Waals surface area contributed by atoms with Crippen molar-refractivity contribution < 1.29 is 0 Å². The molecule has 3 N–H and O–H groups in total. The summed E-state index contributed by atoms with van der Waals surface area (Å²) < 4.78 is 0. The number of halogens is 1. The molecule has 73 heavy (non-hydrogen) atoms. The zero-order valence-corrected chi connectivity index (χ0v) is 44.4. The third-order valence-electron chi connectivity index (χ3n) is 13.8. The van der Waals surface area contributed by atoms with E-state index < -0.39 is 0 Å². The number of imidazole rings is 2. The summed E-state index contributed by atoms with van der Waals surface area (Å²) in [6.07, 6.45) is 6.91. The van der Waals surface area contributed by atoms with Crippen molar-refractivity contribution in [2.24, 2.45) is 0 Å². The Balaban J connectivity index is 0.000000142. The summed E-state index contributed by atoms with van der Waals surface area (Å²) in [5.74, 6) is 1.87. The van der Waals surface area contributed by atoms with Crippen LogP contribution in [0.1, 0.15) is 63.8 Å². The van der Waals surface area contributed by atoms with Gasteiger partial charge in [0.25, 0.3) is 0 Å². The third-order valence-corrected chi connectivity index (χ3v) is 14.5. The van der Waals surface area contributed by atoms with E-state index in [0.717, 1.165) is 131 Å². The van der Waals surface area contributed by atoms with E-state index in [1.165, 1.54) is 33.6 Å². The van der Waals surface area contributed by atoms with E-state index in [4.69, 9.17) is 9.97 Å². The number of aromatic amines is 2. The average Bonchev–Trinajstić information content (AvgIpc) is 4.07. The molecule has 0 amide bonds. The normalized spacial score (nSPS) is 14.6. The molecule has 12 rings (SSSR count). The van der Waals surface area contributed by atoms with Gasteiger partial charge in [-0.2, -0.15) is 0 Å². The van der Waals surface area contributed by atoms with Crippen LogP contribution >= 0.6 is 15.9 Å². The van der Waals surface area contributed by atoms with E-state index >= 15 is 0 Å². The number of anilines is 2. The van der Waals surface area contributed by atoms with Crippen molar-refractivity contribution in [3.63, 3.8) is 0 Å². The van der Waals surface area contributed by atoms with Gasteiger partial charge in [-0.05, 0) is 81.6 Å². The van der Waals surface area contributed by atoms with E-state index in [1.54, 1.807) is 24.8 Å². The van der Waals surface area contributed by atoms with Crippen LogP contribution in [-0.2, 0) is 22.7 Å². The second-order valence-electron chi connectivity index (χ2n) is 21.1. The lowest BCUT2D eigenvalue weighted by Crippen LogP contribution is -2.46. The molecule has 372 valence electrons. The number of nitrogens with one attached hydrogen (secondary N) is 3. The lowest BCUT2D eigenvalue weighted by atomic mass is 9.87. The van der Waals surface area contributed by atoms with Crippen molar-refractivity contribution >= 4 is 71.4 Å². The maximum absolute atomic E-state index is 5.04. The van der Waals surface area contributed by atoms with Crippen LogP contribution < -0.4 is 15.1 Å². The Morgan fingerprint density at radius 3 is 1.38 bits per heavy atom. The fraction of sp³-hybridized carbons (Fsp3) is 0.300. The Morgan fingerprint density at radius 1 is 0.479 bits per heavy atom.